The second kappa shape index (κ2) is 4.49. The summed E-state index contributed by atoms with van der Waals surface area (Å²) in [6.45, 7) is 2.11. The molecule has 2 heterocycles. The van der Waals surface area contributed by atoms with E-state index in [4.69, 9.17) is 9.47 Å². The number of hydrogen-bond acceptors (Lipinski definition) is 4. The van der Waals surface area contributed by atoms with Gasteiger partial charge in [0.1, 0.15) is 0 Å². The lowest BCUT2D eigenvalue weighted by molar-refractivity contribution is 0.174. The molecule has 3 rings (SSSR count). The first-order valence-corrected chi connectivity index (χ1v) is 6.58. The van der Waals surface area contributed by atoms with Crippen LogP contribution in [0.4, 0.5) is 0 Å². The van der Waals surface area contributed by atoms with E-state index in [0.717, 1.165) is 34.5 Å². The van der Waals surface area contributed by atoms with E-state index in [0.29, 0.717) is 13.3 Å². The van der Waals surface area contributed by atoms with Crippen molar-refractivity contribution >= 4 is 16.9 Å². The van der Waals surface area contributed by atoms with Crippen LogP contribution in [0.5, 0.6) is 11.5 Å². The van der Waals surface area contributed by atoms with E-state index in [2.05, 4.69) is 16.9 Å². The van der Waals surface area contributed by atoms with E-state index in [1.54, 1.807) is 0 Å². The fraction of sp³-hybridized carbons (Fsp3) is 0.417. The van der Waals surface area contributed by atoms with E-state index < -0.39 is 0 Å². The van der Waals surface area contributed by atoms with Gasteiger partial charge in [-0.25, -0.2) is 0 Å². The maximum atomic E-state index is 5.35. The summed E-state index contributed by atoms with van der Waals surface area (Å²) < 4.78 is 10.6. The van der Waals surface area contributed by atoms with Gasteiger partial charge in [-0.15, -0.1) is 0 Å². The van der Waals surface area contributed by atoms with Crippen LogP contribution in [0.2, 0.25) is 0 Å². The van der Waals surface area contributed by atoms with E-state index >= 15 is 0 Å². The summed E-state index contributed by atoms with van der Waals surface area (Å²) in [5.74, 6) is 2.79. The molecule has 0 N–H and O–H groups in total. The third-order valence-electron chi connectivity index (χ3n) is 2.82. The summed E-state index contributed by atoms with van der Waals surface area (Å²) in [5.41, 5.74) is 1.16. The van der Waals surface area contributed by atoms with Crippen molar-refractivity contribution in [3.8, 4) is 11.5 Å². The van der Waals surface area contributed by atoms with Gasteiger partial charge in [0.05, 0.1) is 6.54 Å². The average molecular weight is 250 g/mol. The largest absolute Gasteiger partial charge is 0.454 e. The minimum Gasteiger partial charge on any atom is -0.454 e. The molecule has 0 aromatic heterocycles. The molecule has 0 atom stereocenters. The maximum Gasteiger partial charge on any atom is 0.231 e. The molecule has 0 bridgehead atoms. The Bertz CT molecular complexity index is 462. The van der Waals surface area contributed by atoms with Crippen LogP contribution in [-0.2, 0) is 6.54 Å². The van der Waals surface area contributed by atoms with E-state index in [-0.39, 0.29) is 0 Å². The molecule has 0 amide bonds. The monoisotopic (exact) mass is 250 g/mol. The van der Waals surface area contributed by atoms with Gasteiger partial charge in [-0.1, -0.05) is 17.8 Å². The summed E-state index contributed by atoms with van der Waals surface area (Å²) in [6, 6.07) is 5.99. The Hall–Kier alpha value is -1.36. The summed E-state index contributed by atoms with van der Waals surface area (Å²) in [4.78, 5) is 6.80. The van der Waals surface area contributed by atoms with Crippen LogP contribution < -0.4 is 9.47 Å². The van der Waals surface area contributed by atoms with Gasteiger partial charge in [-0.3, -0.25) is 4.99 Å². The predicted octanol–water partition coefficient (Wildman–Crippen LogP) is 1.95. The molecular weight excluding hydrogens is 236 g/mol. The molecule has 0 radical (unpaired) electrons. The van der Waals surface area contributed by atoms with Crippen molar-refractivity contribution in [2.75, 3.05) is 26.1 Å². The Kier molecular flexibility index (Phi) is 2.84. The average Bonchev–Trinajstić information content (AvgIpc) is 2.94. The van der Waals surface area contributed by atoms with Crippen LogP contribution in [0.15, 0.2) is 23.2 Å². The maximum absolute atomic E-state index is 5.35. The van der Waals surface area contributed by atoms with Crippen LogP contribution in [-0.4, -0.2) is 36.2 Å². The Balaban J connectivity index is 1.73. The number of thioether (sulfide) groups is 1. The smallest absolute Gasteiger partial charge is 0.231 e. The second-order valence-corrected chi connectivity index (χ2v) is 5.12. The molecule has 2 aliphatic heterocycles. The lowest BCUT2D eigenvalue weighted by Crippen LogP contribution is -2.18. The third kappa shape index (κ3) is 2.20. The van der Waals surface area contributed by atoms with Gasteiger partial charge < -0.3 is 14.4 Å². The van der Waals surface area contributed by atoms with E-state index in [1.807, 2.05) is 30.0 Å². The Morgan fingerprint density at radius 3 is 3.06 bits per heavy atom. The van der Waals surface area contributed by atoms with Gasteiger partial charge in [0.25, 0.3) is 0 Å². The van der Waals surface area contributed by atoms with Crippen LogP contribution in [0.25, 0.3) is 0 Å². The summed E-state index contributed by atoms with van der Waals surface area (Å²) >= 11 is 1.82. The van der Waals surface area contributed by atoms with Gasteiger partial charge >= 0.3 is 0 Å². The molecule has 0 aliphatic carbocycles. The standard InChI is InChI=1S/C12H14N2O2S/c1-14-4-5-17-12(14)13-7-9-2-3-10-11(6-9)16-8-15-10/h2-3,6H,4-5,7-8H2,1H3. The minimum absolute atomic E-state index is 0.325. The number of ether oxygens (including phenoxy) is 2. The SMILES string of the molecule is CN1CCSC1=NCc1ccc2c(c1)OCO2. The fourth-order valence-corrected chi connectivity index (χ4v) is 2.86. The first-order valence-electron chi connectivity index (χ1n) is 5.60. The number of aliphatic imine (C=N–C) groups is 1. The molecule has 1 saturated heterocycles. The Morgan fingerprint density at radius 2 is 2.24 bits per heavy atom. The van der Waals surface area contributed by atoms with Gasteiger partial charge in [0.2, 0.25) is 6.79 Å². The zero-order valence-electron chi connectivity index (χ0n) is 9.68. The highest BCUT2D eigenvalue weighted by Gasteiger charge is 2.15. The zero-order chi connectivity index (χ0) is 11.7. The Morgan fingerprint density at radius 1 is 1.35 bits per heavy atom. The van der Waals surface area contributed by atoms with E-state index in [9.17, 15) is 0 Å². The number of rotatable bonds is 2. The van der Waals surface area contributed by atoms with Crippen LogP contribution >= 0.6 is 11.8 Å². The summed E-state index contributed by atoms with van der Waals surface area (Å²) in [6.07, 6.45) is 0. The van der Waals surface area contributed by atoms with Gasteiger partial charge in [0.15, 0.2) is 16.7 Å². The highest BCUT2D eigenvalue weighted by Crippen LogP contribution is 2.32. The normalized spacial score (nSPS) is 20.3. The second-order valence-electron chi connectivity index (χ2n) is 4.06. The van der Waals surface area contributed by atoms with Crippen molar-refractivity contribution in [3.63, 3.8) is 0 Å². The van der Waals surface area contributed by atoms with Gasteiger partial charge in [-0.05, 0) is 17.7 Å². The highest BCUT2D eigenvalue weighted by atomic mass is 32.2. The van der Waals surface area contributed by atoms with Crippen molar-refractivity contribution in [2.45, 2.75) is 6.54 Å². The number of hydrogen-bond donors (Lipinski definition) is 0. The Labute approximate surface area is 105 Å². The predicted molar refractivity (Wildman–Crippen MR) is 68.8 cm³/mol. The molecule has 17 heavy (non-hydrogen) atoms. The molecule has 1 aromatic rings. The minimum atomic E-state index is 0.325. The van der Waals surface area contributed by atoms with Gasteiger partial charge in [0, 0.05) is 19.3 Å². The number of nitrogens with zero attached hydrogens (tertiary/aromatic N) is 2. The molecule has 2 aliphatic rings. The van der Waals surface area contributed by atoms with Gasteiger partial charge in [-0.2, -0.15) is 0 Å². The lowest BCUT2D eigenvalue weighted by atomic mass is 10.2. The lowest BCUT2D eigenvalue weighted by Gasteiger charge is -2.09. The number of benzene rings is 1. The van der Waals surface area contributed by atoms with Crippen molar-refractivity contribution in [1.82, 2.24) is 4.90 Å². The van der Waals surface area contributed by atoms with Crippen LogP contribution in [0, 0.1) is 0 Å². The molecule has 0 saturated carbocycles. The first kappa shape index (κ1) is 10.8. The van der Waals surface area contributed by atoms with Crippen molar-refractivity contribution in [1.29, 1.82) is 0 Å². The molecule has 1 fully saturated rings. The fourth-order valence-electron chi connectivity index (χ4n) is 1.84. The first-order chi connectivity index (χ1) is 8.33. The quantitative estimate of drug-likeness (QED) is 0.803. The molecule has 90 valence electrons. The van der Waals surface area contributed by atoms with Crippen molar-refractivity contribution < 1.29 is 9.47 Å². The number of fused-ring (bicyclic) bond motifs is 1. The zero-order valence-corrected chi connectivity index (χ0v) is 10.5. The third-order valence-corrected chi connectivity index (χ3v) is 3.90. The molecule has 1 aromatic carbocycles. The summed E-state index contributed by atoms with van der Waals surface area (Å²) in [7, 11) is 2.08. The molecule has 0 spiro atoms. The van der Waals surface area contributed by atoms with E-state index in [1.165, 1.54) is 0 Å². The number of amidine groups is 1. The molecule has 4 nitrogen and oxygen atoms in total. The molecular formula is C12H14N2O2S. The highest BCUT2D eigenvalue weighted by molar-refractivity contribution is 8.14. The topological polar surface area (TPSA) is 34.1 Å². The molecule has 5 heteroatoms. The molecule has 0 unspecified atom stereocenters. The van der Waals surface area contributed by atoms with Crippen molar-refractivity contribution in [3.05, 3.63) is 23.8 Å². The van der Waals surface area contributed by atoms with Crippen LogP contribution in [0.1, 0.15) is 5.56 Å². The van der Waals surface area contributed by atoms with Crippen molar-refractivity contribution in [2.24, 2.45) is 4.99 Å². The van der Waals surface area contributed by atoms with Crippen LogP contribution in [0.3, 0.4) is 0 Å². The summed E-state index contributed by atoms with van der Waals surface area (Å²) in [5, 5.41) is 1.13.